The van der Waals surface area contributed by atoms with Gasteiger partial charge in [0.1, 0.15) is 5.82 Å². The molecule has 0 unspecified atom stereocenters. The summed E-state index contributed by atoms with van der Waals surface area (Å²) in [6, 6.07) is 6.80. The van der Waals surface area contributed by atoms with Crippen LogP contribution in [0.25, 0.3) is 0 Å². The summed E-state index contributed by atoms with van der Waals surface area (Å²) in [6.45, 7) is 3.05. The number of morpholine rings is 1. The maximum Gasteiger partial charge on any atom is 0.243 e. The fourth-order valence-electron chi connectivity index (χ4n) is 3.86. The van der Waals surface area contributed by atoms with Crippen LogP contribution in [0.2, 0.25) is 0 Å². The molecule has 1 aromatic carbocycles. The van der Waals surface area contributed by atoms with Crippen LogP contribution in [0.1, 0.15) is 36.3 Å². The van der Waals surface area contributed by atoms with Crippen LogP contribution in [0.3, 0.4) is 0 Å². The van der Waals surface area contributed by atoms with Gasteiger partial charge >= 0.3 is 0 Å². The zero-order valence-electron chi connectivity index (χ0n) is 17.0. The monoisotopic (exact) mass is 432 g/mol. The van der Waals surface area contributed by atoms with Gasteiger partial charge < -0.3 is 14.6 Å². The molecule has 0 bridgehead atoms. The fourth-order valence-corrected chi connectivity index (χ4v) is 5.26. The van der Waals surface area contributed by atoms with Crippen LogP contribution >= 0.6 is 0 Å². The second-order valence-corrected chi connectivity index (χ2v) is 9.67. The first-order chi connectivity index (χ1) is 14.5. The smallest absolute Gasteiger partial charge is 0.243 e. The number of hydrogen-bond donors (Lipinski definition) is 1. The Morgan fingerprint density at radius 1 is 1.10 bits per heavy atom. The minimum atomic E-state index is -3.49. The quantitative estimate of drug-likeness (QED) is 0.716. The molecule has 4 rings (SSSR count). The summed E-state index contributed by atoms with van der Waals surface area (Å²) in [5.41, 5.74) is 1.83. The number of carbonyl (C=O) groups is 1. The van der Waals surface area contributed by atoms with E-state index in [0.717, 1.165) is 30.0 Å². The third kappa shape index (κ3) is 4.91. The van der Waals surface area contributed by atoms with Crippen molar-refractivity contribution in [1.82, 2.24) is 19.2 Å². The number of fused-ring (bicyclic) bond motifs is 1. The summed E-state index contributed by atoms with van der Waals surface area (Å²) in [4.78, 5) is 17.1. The van der Waals surface area contributed by atoms with E-state index >= 15 is 0 Å². The zero-order chi connectivity index (χ0) is 21.0. The van der Waals surface area contributed by atoms with Gasteiger partial charge in [-0.15, -0.1) is 0 Å². The van der Waals surface area contributed by atoms with Gasteiger partial charge in [0.05, 0.1) is 30.3 Å². The molecule has 9 heteroatoms. The predicted molar refractivity (Wildman–Crippen MR) is 111 cm³/mol. The minimum Gasteiger partial charge on any atom is -0.379 e. The number of aryl methyl sites for hydroxylation is 3. The Balaban J connectivity index is 1.26. The highest BCUT2D eigenvalue weighted by Crippen LogP contribution is 2.18. The number of nitrogens with one attached hydrogen (secondary N) is 1. The van der Waals surface area contributed by atoms with Gasteiger partial charge in [-0.25, -0.2) is 13.4 Å². The first kappa shape index (κ1) is 21.0. The number of aromatic nitrogens is 2. The van der Waals surface area contributed by atoms with Crippen LogP contribution in [0, 0.1) is 0 Å². The standard InChI is InChI=1S/C21H28N4O4S/c26-21(22-15-18-16-24-10-2-1-3-20(24)23-18)9-6-17-4-7-19(8-5-17)30(27,28)25-11-13-29-14-12-25/h4-5,7-8,16H,1-3,6,9-15H2,(H,22,26). The molecule has 0 aliphatic carbocycles. The fraction of sp³-hybridized carbons (Fsp3) is 0.524. The topological polar surface area (TPSA) is 93.5 Å². The van der Waals surface area contributed by atoms with Gasteiger partial charge in [-0.2, -0.15) is 4.31 Å². The highest BCUT2D eigenvalue weighted by Gasteiger charge is 2.26. The average Bonchev–Trinajstić information content (AvgIpc) is 3.20. The summed E-state index contributed by atoms with van der Waals surface area (Å²) in [6.07, 6.45) is 6.30. The van der Waals surface area contributed by atoms with Gasteiger partial charge in [-0.1, -0.05) is 12.1 Å². The number of sulfonamides is 1. The van der Waals surface area contributed by atoms with E-state index in [1.165, 1.54) is 17.1 Å². The average molecular weight is 433 g/mol. The SMILES string of the molecule is O=C(CCc1ccc(S(=O)(=O)N2CCOCC2)cc1)NCc1cn2c(n1)CCCC2. The molecule has 30 heavy (non-hydrogen) atoms. The van der Waals surface area contributed by atoms with Crippen LogP contribution in [0.4, 0.5) is 0 Å². The molecule has 0 atom stereocenters. The molecule has 0 spiro atoms. The molecule has 2 aromatic rings. The van der Waals surface area contributed by atoms with Gasteiger partial charge in [-0.05, 0) is 37.0 Å². The van der Waals surface area contributed by atoms with Gasteiger partial charge in [0.2, 0.25) is 15.9 Å². The zero-order valence-corrected chi connectivity index (χ0v) is 17.9. The van der Waals surface area contributed by atoms with Crippen molar-refractivity contribution in [2.75, 3.05) is 26.3 Å². The summed E-state index contributed by atoms with van der Waals surface area (Å²) in [5, 5.41) is 2.93. The molecular formula is C21H28N4O4S. The molecular weight excluding hydrogens is 404 g/mol. The Labute approximate surface area is 177 Å². The number of rotatable bonds is 7. The Kier molecular flexibility index (Phi) is 6.50. The van der Waals surface area contributed by atoms with Crippen molar-refractivity contribution >= 4 is 15.9 Å². The third-order valence-corrected chi connectivity index (χ3v) is 7.51. The Bertz CT molecular complexity index is 955. The van der Waals surface area contributed by atoms with Crippen molar-refractivity contribution in [3.8, 4) is 0 Å². The predicted octanol–water partition coefficient (Wildman–Crippen LogP) is 1.49. The summed E-state index contributed by atoms with van der Waals surface area (Å²) < 4.78 is 34.2. The second-order valence-electron chi connectivity index (χ2n) is 7.74. The van der Waals surface area contributed by atoms with E-state index in [9.17, 15) is 13.2 Å². The second kappa shape index (κ2) is 9.28. The number of amides is 1. The van der Waals surface area contributed by atoms with E-state index < -0.39 is 10.0 Å². The number of ether oxygens (including phenoxy) is 1. The van der Waals surface area contributed by atoms with E-state index in [-0.39, 0.29) is 10.8 Å². The molecule has 1 saturated heterocycles. The number of nitrogens with zero attached hydrogens (tertiary/aromatic N) is 3. The van der Waals surface area contributed by atoms with E-state index in [2.05, 4.69) is 14.9 Å². The lowest BCUT2D eigenvalue weighted by molar-refractivity contribution is -0.121. The lowest BCUT2D eigenvalue weighted by Crippen LogP contribution is -2.40. The molecule has 162 valence electrons. The van der Waals surface area contributed by atoms with Crippen molar-refractivity contribution in [1.29, 1.82) is 0 Å². The number of carbonyl (C=O) groups excluding carboxylic acids is 1. The molecule has 3 heterocycles. The molecule has 1 amide bonds. The van der Waals surface area contributed by atoms with E-state index in [0.29, 0.717) is 45.7 Å². The van der Waals surface area contributed by atoms with E-state index in [1.54, 1.807) is 24.3 Å². The van der Waals surface area contributed by atoms with Crippen molar-refractivity contribution in [3.63, 3.8) is 0 Å². The van der Waals surface area contributed by atoms with E-state index in [1.807, 2.05) is 6.20 Å². The van der Waals surface area contributed by atoms with Gasteiger partial charge in [0, 0.05) is 38.7 Å². The Morgan fingerprint density at radius 2 is 1.87 bits per heavy atom. The van der Waals surface area contributed by atoms with Gasteiger partial charge in [0.25, 0.3) is 0 Å². The normalized spacial score (nSPS) is 17.5. The molecule has 2 aliphatic heterocycles. The van der Waals surface area contributed by atoms with Crippen molar-refractivity contribution in [3.05, 3.63) is 47.5 Å². The largest absolute Gasteiger partial charge is 0.379 e. The maximum absolute atomic E-state index is 12.7. The Morgan fingerprint density at radius 3 is 2.60 bits per heavy atom. The first-order valence-electron chi connectivity index (χ1n) is 10.5. The van der Waals surface area contributed by atoms with Crippen LogP contribution in [-0.4, -0.2) is 54.5 Å². The van der Waals surface area contributed by atoms with Crippen LogP contribution in [0.5, 0.6) is 0 Å². The highest BCUT2D eigenvalue weighted by atomic mass is 32.2. The molecule has 1 N–H and O–H groups in total. The van der Waals surface area contributed by atoms with Gasteiger partial charge in [-0.3, -0.25) is 4.79 Å². The lowest BCUT2D eigenvalue weighted by Gasteiger charge is -2.26. The molecule has 8 nitrogen and oxygen atoms in total. The van der Waals surface area contributed by atoms with Crippen LogP contribution in [-0.2, 0) is 45.5 Å². The summed E-state index contributed by atoms with van der Waals surface area (Å²) >= 11 is 0. The van der Waals surface area contributed by atoms with Gasteiger partial charge in [0.15, 0.2) is 0 Å². The van der Waals surface area contributed by atoms with Crippen LogP contribution < -0.4 is 5.32 Å². The summed E-state index contributed by atoms with van der Waals surface area (Å²) in [7, 11) is -3.49. The number of imidazole rings is 1. The minimum absolute atomic E-state index is 0.0361. The number of hydrogen-bond acceptors (Lipinski definition) is 5. The molecule has 0 saturated carbocycles. The highest BCUT2D eigenvalue weighted by molar-refractivity contribution is 7.89. The van der Waals surface area contributed by atoms with Crippen molar-refractivity contribution in [2.45, 2.75) is 50.1 Å². The van der Waals surface area contributed by atoms with Crippen molar-refractivity contribution in [2.24, 2.45) is 0 Å². The number of benzene rings is 1. The maximum atomic E-state index is 12.7. The van der Waals surface area contributed by atoms with E-state index in [4.69, 9.17) is 4.74 Å². The van der Waals surface area contributed by atoms with Crippen LogP contribution in [0.15, 0.2) is 35.4 Å². The first-order valence-corrected chi connectivity index (χ1v) is 11.9. The molecule has 2 aliphatic rings. The molecule has 1 aromatic heterocycles. The Hall–Kier alpha value is -2.23. The molecule has 0 radical (unpaired) electrons. The summed E-state index contributed by atoms with van der Waals surface area (Å²) in [5.74, 6) is 1.07. The molecule has 1 fully saturated rings. The lowest BCUT2D eigenvalue weighted by atomic mass is 10.1. The third-order valence-electron chi connectivity index (χ3n) is 5.60. The van der Waals surface area contributed by atoms with Crippen molar-refractivity contribution < 1.29 is 17.9 Å².